The zero-order chi connectivity index (χ0) is 20.6. The first-order chi connectivity index (χ1) is 14.1. The Kier molecular flexibility index (Phi) is 7.13. The Labute approximate surface area is 173 Å². The molecule has 0 saturated heterocycles. The molecule has 0 spiro atoms. The van der Waals surface area contributed by atoms with Crippen LogP contribution in [0.5, 0.6) is 0 Å². The van der Waals surface area contributed by atoms with Crippen molar-refractivity contribution in [1.29, 1.82) is 0 Å². The molecule has 1 aliphatic carbocycles. The van der Waals surface area contributed by atoms with Crippen LogP contribution in [0.25, 0.3) is 0 Å². The number of aryl methyl sites for hydroxylation is 1. The maximum Gasteiger partial charge on any atom is 0.341 e. The van der Waals surface area contributed by atoms with Gasteiger partial charge in [0.2, 0.25) is 0 Å². The largest absolute Gasteiger partial charge is 0.462 e. The van der Waals surface area contributed by atoms with Gasteiger partial charge >= 0.3 is 17.8 Å². The fourth-order valence-corrected chi connectivity index (χ4v) is 4.43. The zero-order valence-corrected chi connectivity index (χ0v) is 17.0. The molecule has 2 amide bonds. The average molecular weight is 413 g/mol. The summed E-state index contributed by atoms with van der Waals surface area (Å²) in [6.07, 6.45) is 5.71. The number of amides is 2. The van der Waals surface area contributed by atoms with Crippen LogP contribution in [0.15, 0.2) is 35.4 Å². The van der Waals surface area contributed by atoms with Crippen LogP contribution in [0.4, 0.5) is 5.00 Å². The normalized spacial score (nSPS) is 13.0. The molecule has 1 aromatic heterocycles. The van der Waals surface area contributed by atoms with E-state index in [1.54, 1.807) is 6.92 Å². The number of nitrogens with zero attached hydrogens (tertiary/aromatic N) is 1. The number of carbonyl (C=O) groups is 3. The monoisotopic (exact) mass is 413 g/mol. The number of anilines is 1. The molecule has 0 radical (unpaired) electrons. The van der Waals surface area contributed by atoms with Crippen molar-refractivity contribution >= 4 is 40.3 Å². The lowest BCUT2D eigenvalue weighted by atomic mass is 9.95. The summed E-state index contributed by atoms with van der Waals surface area (Å²) in [4.78, 5) is 37.8. The molecule has 29 heavy (non-hydrogen) atoms. The topological polar surface area (TPSA) is 96.9 Å². The van der Waals surface area contributed by atoms with Crippen LogP contribution in [0, 0.1) is 0 Å². The molecule has 0 bridgehead atoms. The predicted molar refractivity (Wildman–Crippen MR) is 112 cm³/mol. The Morgan fingerprint density at radius 2 is 1.90 bits per heavy atom. The van der Waals surface area contributed by atoms with Gasteiger partial charge in [-0.2, -0.15) is 5.10 Å². The van der Waals surface area contributed by atoms with Gasteiger partial charge in [0.25, 0.3) is 0 Å². The summed E-state index contributed by atoms with van der Waals surface area (Å²) < 4.78 is 5.15. The Morgan fingerprint density at radius 3 is 2.66 bits per heavy atom. The number of carbonyl (C=O) groups excluding carboxylic acids is 3. The maximum atomic E-state index is 12.4. The minimum Gasteiger partial charge on any atom is -0.462 e. The first kappa shape index (κ1) is 20.7. The van der Waals surface area contributed by atoms with Gasteiger partial charge < -0.3 is 10.1 Å². The van der Waals surface area contributed by atoms with Gasteiger partial charge in [-0.05, 0) is 43.7 Å². The van der Waals surface area contributed by atoms with Crippen molar-refractivity contribution in [1.82, 2.24) is 5.43 Å². The smallest absolute Gasteiger partial charge is 0.341 e. The fourth-order valence-electron chi connectivity index (χ4n) is 3.15. The molecule has 8 heteroatoms. The van der Waals surface area contributed by atoms with Crippen LogP contribution in [0.3, 0.4) is 0 Å². The van der Waals surface area contributed by atoms with Gasteiger partial charge in [0, 0.05) is 17.5 Å². The lowest BCUT2D eigenvalue weighted by Gasteiger charge is -2.12. The van der Waals surface area contributed by atoms with Crippen LogP contribution in [-0.2, 0) is 33.6 Å². The highest BCUT2D eigenvalue weighted by Crippen LogP contribution is 2.38. The number of hydrogen-bond acceptors (Lipinski definition) is 6. The highest BCUT2D eigenvalue weighted by Gasteiger charge is 2.28. The van der Waals surface area contributed by atoms with Crippen LogP contribution in [0.2, 0.25) is 0 Å². The Hall–Kier alpha value is -3.00. The van der Waals surface area contributed by atoms with Crippen molar-refractivity contribution in [3.05, 3.63) is 51.9 Å². The average Bonchev–Trinajstić information content (AvgIpc) is 3.09. The molecule has 1 aromatic carbocycles. The summed E-state index contributed by atoms with van der Waals surface area (Å²) in [5.74, 6) is -2.23. The number of ether oxygens (including phenoxy) is 1. The van der Waals surface area contributed by atoms with E-state index in [4.69, 9.17) is 4.74 Å². The minimum atomic E-state index is -0.893. The quantitative estimate of drug-likeness (QED) is 0.329. The van der Waals surface area contributed by atoms with Crippen LogP contribution in [-0.4, -0.2) is 30.6 Å². The van der Waals surface area contributed by atoms with E-state index in [1.807, 2.05) is 30.3 Å². The van der Waals surface area contributed by atoms with E-state index < -0.39 is 17.8 Å². The number of thiophene rings is 1. The third-order valence-electron chi connectivity index (χ3n) is 4.51. The molecule has 0 fully saturated rings. The van der Waals surface area contributed by atoms with E-state index in [2.05, 4.69) is 15.8 Å². The second-order valence-electron chi connectivity index (χ2n) is 6.53. The second kappa shape index (κ2) is 9.97. The molecular formula is C21H23N3O4S. The van der Waals surface area contributed by atoms with Crippen molar-refractivity contribution in [3.63, 3.8) is 0 Å². The summed E-state index contributed by atoms with van der Waals surface area (Å²) >= 11 is 1.34. The first-order valence-electron chi connectivity index (χ1n) is 9.58. The number of fused-ring (bicyclic) bond motifs is 1. The third kappa shape index (κ3) is 5.29. The summed E-state index contributed by atoms with van der Waals surface area (Å²) in [5.41, 5.74) is 4.56. The number of hydrazone groups is 1. The molecule has 3 rings (SSSR count). The Balaban J connectivity index is 1.64. The molecule has 7 nitrogen and oxygen atoms in total. The van der Waals surface area contributed by atoms with Crippen molar-refractivity contribution in [2.24, 2.45) is 5.10 Å². The van der Waals surface area contributed by atoms with Crippen LogP contribution < -0.4 is 10.7 Å². The summed E-state index contributed by atoms with van der Waals surface area (Å²) in [6.45, 7) is 1.98. The van der Waals surface area contributed by atoms with Gasteiger partial charge in [0.1, 0.15) is 5.00 Å². The van der Waals surface area contributed by atoms with Gasteiger partial charge in [-0.15, -0.1) is 11.3 Å². The number of benzene rings is 1. The molecule has 0 unspecified atom stereocenters. The van der Waals surface area contributed by atoms with Gasteiger partial charge in [-0.3, -0.25) is 9.59 Å². The number of nitrogens with one attached hydrogen (secondary N) is 2. The van der Waals surface area contributed by atoms with Gasteiger partial charge in [-0.1, -0.05) is 30.3 Å². The molecule has 1 aliphatic rings. The Morgan fingerprint density at radius 1 is 1.14 bits per heavy atom. The van der Waals surface area contributed by atoms with E-state index in [-0.39, 0.29) is 6.61 Å². The van der Waals surface area contributed by atoms with E-state index in [1.165, 1.54) is 17.6 Å². The van der Waals surface area contributed by atoms with Crippen molar-refractivity contribution in [3.8, 4) is 0 Å². The van der Waals surface area contributed by atoms with Crippen LogP contribution >= 0.6 is 11.3 Å². The van der Waals surface area contributed by atoms with E-state index in [9.17, 15) is 14.4 Å². The summed E-state index contributed by atoms with van der Waals surface area (Å²) in [7, 11) is 0. The molecule has 0 aliphatic heterocycles. The highest BCUT2D eigenvalue weighted by atomic mass is 32.1. The van der Waals surface area contributed by atoms with Crippen molar-refractivity contribution < 1.29 is 19.1 Å². The molecule has 2 N–H and O–H groups in total. The number of hydrogen-bond donors (Lipinski definition) is 2. The van der Waals surface area contributed by atoms with Crippen LogP contribution in [0.1, 0.15) is 46.1 Å². The Bertz CT molecular complexity index is 922. The molecule has 2 aromatic rings. The first-order valence-corrected chi connectivity index (χ1v) is 10.4. The number of esters is 1. The van der Waals surface area contributed by atoms with E-state index >= 15 is 0 Å². The fraction of sp³-hybridized carbons (Fsp3) is 0.333. The zero-order valence-electron chi connectivity index (χ0n) is 16.2. The SMILES string of the molecule is CCOC(=O)c1c(NC(=O)C(=O)NN=CCc2ccccc2)sc2c1CCCC2. The molecular weight excluding hydrogens is 390 g/mol. The van der Waals surface area contributed by atoms with Gasteiger partial charge in [0.05, 0.1) is 12.2 Å². The lowest BCUT2D eigenvalue weighted by Crippen LogP contribution is -2.32. The van der Waals surface area contributed by atoms with E-state index in [0.717, 1.165) is 41.7 Å². The molecule has 152 valence electrons. The molecule has 1 heterocycles. The number of rotatable bonds is 6. The maximum absolute atomic E-state index is 12.4. The standard InChI is InChI=1S/C21H23N3O4S/c1-2-28-21(27)17-15-10-6-7-11-16(15)29-20(17)23-18(25)19(26)24-22-13-12-14-8-4-3-5-9-14/h3-5,8-9,13H,2,6-7,10-12H2,1H3,(H,23,25)(H,24,26). The van der Waals surface area contributed by atoms with E-state index in [0.29, 0.717) is 17.0 Å². The predicted octanol–water partition coefficient (Wildman–Crippen LogP) is 3.09. The van der Waals surface area contributed by atoms with Crippen molar-refractivity contribution in [2.75, 3.05) is 11.9 Å². The van der Waals surface area contributed by atoms with Crippen molar-refractivity contribution in [2.45, 2.75) is 39.0 Å². The summed E-state index contributed by atoms with van der Waals surface area (Å²) in [5, 5.41) is 6.73. The highest BCUT2D eigenvalue weighted by molar-refractivity contribution is 7.17. The van der Waals surface area contributed by atoms with Gasteiger partial charge in [-0.25, -0.2) is 10.2 Å². The molecule has 0 saturated carbocycles. The minimum absolute atomic E-state index is 0.244. The lowest BCUT2D eigenvalue weighted by molar-refractivity contribution is -0.136. The summed E-state index contributed by atoms with van der Waals surface area (Å²) in [6, 6.07) is 9.62. The molecule has 0 atom stereocenters. The van der Waals surface area contributed by atoms with Gasteiger partial charge in [0.15, 0.2) is 0 Å². The second-order valence-corrected chi connectivity index (χ2v) is 7.64. The third-order valence-corrected chi connectivity index (χ3v) is 5.72.